The molecule has 0 heterocycles. The summed E-state index contributed by atoms with van der Waals surface area (Å²) in [6, 6.07) is 0. The lowest BCUT2D eigenvalue weighted by atomic mass is 9.48. The summed E-state index contributed by atoms with van der Waals surface area (Å²) in [6.45, 7) is 1.19. The molecule has 0 radical (unpaired) electrons. The first-order valence-electron chi connectivity index (χ1n) is 6.68. The van der Waals surface area contributed by atoms with Gasteiger partial charge in [0.25, 0.3) is 0 Å². The van der Waals surface area contributed by atoms with Gasteiger partial charge in [0.05, 0.1) is 0 Å². The van der Waals surface area contributed by atoms with Gasteiger partial charge in [-0.25, -0.2) is 0 Å². The molecule has 4 bridgehead atoms. The summed E-state index contributed by atoms with van der Waals surface area (Å²) >= 11 is 0. The number of amides is 1. The standard InChI is InChI=1S/C13H18F3NO/c1-7(18)17-12(13(14,15)16)10-3-8-2-9(5-10)6-11(12)4-8/h8-11H,2-6H2,1H3,(H,17,18). The zero-order valence-corrected chi connectivity index (χ0v) is 10.4. The maximum absolute atomic E-state index is 13.6. The van der Waals surface area contributed by atoms with E-state index in [9.17, 15) is 18.0 Å². The first-order valence-corrected chi connectivity index (χ1v) is 6.68. The van der Waals surface area contributed by atoms with Crippen LogP contribution in [-0.2, 0) is 4.79 Å². The molecule has 0 aromatic carbocycles. The van der Waals surface area contributed by atoms with Crippen LogP contribution < -0.4 is 5.32 Å². The number of carbonyl (C=O) groups excluding carboxylic acids is 1. The second-order valence-corrected chi connectivity index (χ2v) is 6.35. The molecule has 102 valence electrons. The number of nitrogens with one attached hydrogen (secondary N) is 1. The summed E-state index contributed by atoms with van der Waals surface area (Å²) in [7, 11) is 0. The lowest BCUT2D eigenvalue weighted by Crippen LogP contribution is -2.72. The van der Waals surface area contributed by atoms with Crippen LogP contribution in [0, 0.1) is 23.7 Å². The highest BCUT2D eigenvalue weighted by Crippen LogP contribution is 2.62. The van der Waals surface area contributed by atoms with Crippen LogP contribution in [-0.4, -0.2) is 17.6 Å². The van der Waals surface area contributed by atoms with Crippen LogP contribution >= 0.6 is 0 Å². The topological polar surface area (TPSA) is 29.1 Å². The molecule has 1 N–H and O–H groups in total. The number of carbonyl (C=O) groups is 1. The zero-order valence-electron chi connectivity index (χ0n) is 10.4. The predicted octanol–water partition coefficient (Wildman–Crippen LogP) is 2.88. The molecular formula is C13H18F3NO. The van der Waals surface area contributed by atoms with Gasteiger partial charge in [-0.1, -0.05) is 0 Å². The van der Waals surface area contributed by atoms with Gasteiger partial charge in [0.15, 0.2) is 0 Å². The largest absolute Gasteiger partial charge is 0.412 e. The Balaban J connectivity index is 2.01. The maximum Gasteiger partial charge on any atom is 0.412 e. The molecule has 0 atom stereocenters. The van der Waals surface area contributed by atoms with Crippen molar-refractivity contribution in [2.24, 2.45) is 23.7 Å². The molecule has 0 spiro atoms. The molecule has 0 unspecified atom stereocenters. The average Bonchev–Trinajstić information content (AvgIpc) is 2.20. The molecule has 4 aliphatic rings. The molecular weight excluding hydrogens is 243 g/mol. The molecule has 1 amide bonds. The summed E-state index contributed by atoms with van der Waals surface area (Å²) in [6.07, 6.45) is -0.707. The molecule has 4 saturated carbocycles. The van der Waals surface area contributed by atoms with E-state index in [1.807, 2.05) is 0 Å². The van der Waals surface area contributed by atoms with Crippen molar-refractivity contribution in [3.63, 3.8) is 0 Å². The monoisotopic (exact) mass is 261 g/mol. The van der Waals surface area contributed by atoms with Crippen LogP contribution in [0.4, 0.5) is 13.2 Å². The average molecular weight is 261 g/mol. The second-order valence-electron chi connectivity index (χ2n) is 6.35. The van der Waals surface area contributed by atoms with Crippen LogP contribution in [0.2, 0.25) is 0 Å². The van der Waals surface area contributed by atoms with E-state index in [1.165, 1.54) is 6.92 Å². The summed E-state index contributed by atoms with van der Waals surface area (Å²) < 4.78 is 40.8. The Bertz CT molecular complexity index is 349. The van der Waals surface area contributed by atoms with Crippen molar-refractivity contribution in [1.29, 1.82) is 0 Å². The summed E-state index contributed by atoms with van der Waals surface area (Å²) in [5.74, 6) is -0.455. The summed E-state index contributed by atoms with van der Waals surface area (Å²) in [5.41, 5.74) is -1.94. The molecule has 4 rings (SSSR count). The second kappa shape index (κ2) is 3.64. The van der Waals surface area contributed by atoms with E-state index in [0.29, 0.717) is 37.5 Å². The van der Waals surface area contributed by atoms with Crippen LogP contribution in [0.25, 0.3) is 0 Å². The van der Waals surface area contributed by atoms with Gasteiger partial charge in [0.2, 0.25) is 5.91 Å². The van der Waals surface area contributed by atoms with Crippen molar-refractivity contribution in [2.75, 3.05) is 0 Å². The Morgan fingerprint density at radius 3 is 1.83 bits per heavy atom. The minimum atomic E-state index is -4.33. The van der Waals surface area contributed by atoms with Gasteiger partial charge < -0.3 is 5.32 Å². The highest BCUT2D eigenvalue weighted by atomic mass is 19.4. The number of halogens is 3. The van der Waals surface area contributed by atoms with Gasteiger partial charge in [-0.3, -0.25) is 4.79 Å². The number of alkyl halides is 3. The molecule has 0 aromatic heterocycles. The lowest BCUT2D eigenvalue weighted by molar-refractivity contribution is -0.263. The van der Waals surface area contributed by atoms with Crippen molar-refractivity contribution in [2.45, 2.75) is 50.7 Å². The lowest BCUT2D eigenvalue weighted by Gasteiger charge is -2.61. The molecule has 18 heavy (non-hydrogen) atoms. The molecule has 5 heteroatoms. The summed E-state index contributed by atoms with van der Waals surface area (Å²) in [4.78, 5) is 11.3. The van der Waals surface area contributed by atoms with E-state index in [4.69, 9.17) is 0 Å². The SMILES string of the molecule is CC(=O)NC1(C(F)(F)F)C2CC3CC(C2)CC1C3. The Hall–Kier alpha value is -0.740. The van der Waals surface area contributed by atoms with Crippen molar-refractivity contribution in [3.8, 4) is 0 Å². The Morgan fingerprint density at radius 1 is 1.06 bits per heavy atom. The molecule has 4 aliphatic carbocycles. The van der Waals surface area contributed by atoms with E-state index in [2.05, 4.69) is 5.32 Å². The van der Waals surface area contributed by atoms with Gasteiger partial charge in [-0.15, -0.1) is 0 Å². The van der Waals surface area contributed by atoms with Crippen LogP contribution in [0.1, 0.15) is 39.0 Å². The molecule has 4 fully saturated rings. The van der Waals surface area contributed by atoms with E-state index in [-0.39, 0.29) is 0 Å². The van der Waals surface area contributed by atoms with Crippen molar-refractivity contribution in [3.05, 3.63) is 0 Å². The van der Waals surface area contributed by atoms with Gasteiger partial charge in [-0.2, -0.15) is 13.2 Å². The van der Waals surface area contributed by atoms with Crippen LogP contribution in [0.15, 0.2) is 0 Å². The summed E-state index contributed by atoms with van der Waals surface area (Å²) in [5, 5.41) is 2.31. The normalized spacial score (nSPS) is 46.2. The fourth-order valence-electron chi connectivity index (χ4n) is 4.96. The van der Waals surface area contributed by atoms with Crippen LogP contribution in [0.3, 0.4) is 0 Å². The molecule has 0 aromatic rings. The predicted molar refractivity (Wildman–Crippen MR) is 59.6 cm³/mol. The highest BCUT2D eigenvalue weighted by Gasteiger charge is 2.69. The number of rotatable bonds is 1. The van der Waals surface area contributed by atoms with E-state index in [1.54, 1.807) is 0 Å². The zero-order chi connectivity index (χ0) is 13.1. The highest BCUT2D eigenvalue weighted by molar-refractivity contribution is 5.74. The van der Waals surface area contributed by atoms with Gasteiger partial charge in [0.1, 0.15) is 5.54 Å². The van der Waals surface area contributed by atoms with E-state index < -0.39 is 29.5 Å². The fraction of sp³-hybridized carbons (Fsp3) is 0.923. The molecule has 0 saturated heterocycles. The first kappa shape index (κ1) is 12.3. The molecule has 2 nitrogen and oxygen atoms in total. The third-order valence-corrected chi connectivity index (χ3v) is 5.28. The smallest absolute Gasteiger partial charge is 0.342 e. The minimum Gasteiger partial charge on any atom is -0.342 e. The fourth-order valence-corrected chi connectivity index (χ4v) is 4.96. The third kappa shape index (κ3) is 1.51. The third-order valence-electron chi connectivity index (χ3n) is 5.28. The van der Waals surface area contributed by atoms with Gasteiger partial charge in [-0.05, 0) is 55.8 Å². The number of hydrogen-bond acceptors (Lipinski definition) is 1. The number of hydrogen-bond donors (Lipinski definition) is 1. The minimum absolute atomic E-state index is 0.405. The van der Waals surface area contributed by atoms with Crippen molar-refractivity contribution in [1.82, 2.24) is 5.32 Å². The quantitative estimate of drug-likeness (QED) is 0.772. The Labute approximate surface area is 104 Å². The van der Waals surface area contributed by atoms with Gasteiger partial charge >= 0.3 is 6.18 Å². The van der Waals surface area contributed by atoms with E-state index in [0.717, 1.165) is 6.42 Å². The first-order chi connectivity index (χ1) is 8.33. The van der Waals surface area contributed by atoms with E-state index >= 15 is 0 Å². The van der Waals surface area contributed by atoms with Crippen LogP contribution in [0.5, 0.6) is 0 Å². The maximum atomic E-state index is 13.6. The van der Waals surface area contributed by atoms with Crippen molar-refractivity contribution < 1.29 is 18.0 Å². The molecule has 0 aliphatic heterocycles. The Morgan fingerprint density at radius 2 is 1.50 bits per heavy atom. The Kier molecular flexibility index (Phi) is 2.49. The van der Waals surface area contributed by atoms with Crippen molar-refractivity contribution >= 4 is 5.91 Å². The van der Waals surface area contributed by atoms with Gasteiger partial charge in [0, 0.05) is 6.92 Å².